The molecule has 0 radical (unpaired) electrons. The van der Waals surface area contributed by atoms with Gasteiger partial charge in [0.15, 0.2) is 0 Å². The molecule has 1 heterocycles. The molecule has 1 nitrogen and oxygen atoms in total. The molecule has 0 aromatic rings. The Morgan fingerprint density at radius 3 is 2.83 bits per heavy atom. The average Bonchev–Trinajstić information content (AvgIpc) is 2.28. The summed E-state index contributed by atoms with van der Waals surface area (Å²) in [5.41, 5.74) is 1.63. The minimum Gasteiger partial charge on any atom is -0.297 e. The van der Waals surface area contributed by atoms with Crippen molar-refractivity contribution < 1.29 is 0 Å². The fourth-order valence-electron chi connectivity index (χ4n) is 1.70. The van der Waals surface area contributed by atoms with Gasteiger partial charge in [0.05, 0.1) is 0 Å². The second-order valence-electron chi connectivity index (χ2n) is 3.92. The van der Waals surface area contributed by atoms with Gasteiger partial charge < -0.3 is 0 Å². The lowest BCUT2D eigenvalue weighted by atomic mass is 10.1. The zero-order valence-electron chi connectivity index (χ0n) is 8.64. The summed E-state index contributed by atoms with van der Waals surface area (Å²) in [4.78, 5) is 2.57. The van der Waals surface area contributed by atoms with Crippen LogP contribution in [-0.4, -0.2) is 24.0 Å². The Balaban J connectivity index is 2.52. The molecule has 1 aliphatic rings. The third-order valence-corrected chi connectivity index (χ3v) is 2.67. The lowest BCUT2D eigenvalue weighted by molar-refractivity contribution is 0.242. The predicted octanol–water partition coefficient (Wildman–Crippen LogP) is 2.83. The van der Waals surface area contributed by atoms with E-state index >= 15 is 0 Å². The Labute approximate surface area is 76.5 Å². The van der Waals surface area contributed by atoms with E-state index in [1.54, 1.807) is 5.57 Å². The minimum absolute atomic E-state index is 0.707. The summed E-state index contributed by atoms with van der Waals surface area (Å²) in [7, 11) is 0. The molecule has 0 atom stereocenters. The van der Waals surface area contributed by atoms with E-state index in [1.165, 1.54) is 32.4 Å². The molecule has 0 saturated heterocycles. The summed E-state index contributed by atoms with van der Waals surface area (Å²) in [5.74, 6) is 0. The second-order valence-corrected chi connectivity index (χ2v) is 3.92. The van der Waals surface area contributed by atoms with Gasteiger partial charge in [-0.15, -0.1) is 0 Å². The fraction of sp³-hybridized carbons (Fsp3) is 0.818. The summed E-state index contributed by atoms with van der Waals surface area (Å²) >= 11 is 0. The van der Waals surface area contributed by atoms with Crippen molar-refractivity contribution in [2.75, 3.05) is 13.1 Å². The van der Waals surface area contributed by atoms with Gasteiger partial charge in [-0.1, -0.05) is 18.6 Å². The van der Waals surface area contributed by atoms with Gasteiger partial charge >= 0.3 is 0 Å². The molecule has 0 bridgehead atoms. The van der Waals surface area contributed by atoms with E-state index in [1.807, 2.05) is 0 Å². The predicted molar refractivity (Wildman–Crippen MR) is 54.3 cm³/mol. The Kier molecular flexibility index (Phi) is 3.80. The van der Waals surface area contributed by atoms with Gasteiger partial charge in [0, 0.05) is 12.6 Å². The van der Waals surface area contributed by atoms with E-state index in [0.717, 1.165) is 0 Å². The maximum atomic E-state index is 2.57. The molecule has 12 heavy (non-hydrogen) atoms. The summed E-state index contributed by atoms with van der Waals surface area (Å²) < 4.78 is 0. The van der Waals surface area contributed by atoms with Gasteiger partial charge in [-0.25, -0.2) is 0 Å². The molecule has 1 rings (SSSR count). The third-order valence-electron chi connectivity index (χ3n) is 2.67. The molecule has 0 aromatic heterocycles. The average molecular weight is 167 g/mol. The lowest BCUT2D eigenvalue weighted by Gasteiger charge is -2.25. The van der Waals surface area contributed by atoms with E-state index in [-0.39, 0.29) is 0 Å². The summed E-state index contributed by atoms with van der Waals surface area (Å²) in [6.07, 6.45) is 6.28. The van der Waals surface area contributed by atoms with Gasteiger partial charge in [-0.3, -0.25) is 4.90 Å². The maximum absolute atomic E-state index is 2.57. The van der Waals surface area contributed by atoms with Crippen LogP contribution in [0.5, 0.6) is 0 Å². The summed E-state index contributed by atoms with van der Waals surface area (Å²) in [6.45, 7) is 9.32. The van der Waals surface area contributed by atoms with Gasteiger partial charge in [-0.05, 0) is 39.7 Å². The van der Waals surface area contributed by atoms with E-state index < -0.39 is 0 Å². The molecule has 0 amide bonds. The normalized spacial score (nSPS) is 20.8. The molecular weight excluding hydrogens is 146 g/mol. The van der Waals surface area contributed by atoms with Crippen molar-refractivity contribution in [1.29, 1.82) is 0 Å². The van der Waals surface area contributed by atoms with Crippen LogP contribution in [0, 0.1) is 0 Å². The van der Waals surface area contributed by atoms with Crippen LogP contribution in [0.3, 0.4) is 0 Å². The topological polar surface area (TPSA) is 3.24 Å². The van der Waals surface area contributed by atoms with Crippen molar-refractivity contribution in [3.05, 3.63) is 11.6 Å². The Morgan fingerprint density at radius 2 is 2.25 bits per heavy atom. The van der Waals surface area contributed by atoms with Crippen LogP contribution in [0.25, 0.3) is 0 Å². The van der Waals surface area contributed by atoms with Crippen LogP contribution >= 0.6 is 0 Å². The Morgan fingerprint density at radius 1 is 1.50 bits per heavy atom. The maximum Gasteiger partial charge on any atom is 0.0195 e. The molecule has 0 fully saturated rings. The van der Waals surface area contributed by atoms with Gasteiger partial charge in [-0.2, -0.15) is 0 Å². The zero-order chi connectivity index (χ0) is 8.97. The van der Waals surface area contributed by atoms with Crippen molar-refractivity contribution in [1.82, 2.24) is 4.90 Å². The lowest BCUT2D eigenvalue weighted by Crippen LogP contribution is -2.32. The first-order valence-corrected chi connectivity index (χ1v) is 5.16. The van der Waals surface area contributed by atoms with Crippen molar-refractivity contribution in [3.63, 3.8) is 0 Å². The largest absolute Gasteiger partial charge is 0.297 e. The number of hydrogen-bond donors (Lipinski definition) is 0. The van der Waals surface area contributed by atoms with Crippen molar-refractivity contribution in [3.8, 4) is 0 Å². The van der Waals surface area contributed by atoms with Crippen molar-refractivity contribution >= 4 is 0 Å². The number of allylic oxidation sites excluding steroid dienone is 1. The molecule has 1 aliphatic heterocycles. The van der Waals surface area contributed by atoms with E-state index in [2.05, 4.69) is 31.7 Å². The Hall–Kier alpha value is -0.300. The van der Waals surface area contributed by atoms with E-state index in [4.69, 9.17) is 0 Å². The first-order valence-electron chi connectivity index (χ1n) is 5.16. The van der Waals surface area contributed by atoms with Gasteiger partial charge in [0.2, 0.25) is 0 Å². The molecule has 70 valence electrons. The highest BCUT2D eigenvalue weighted by atomic mass is 15.1. The minimum atomic E-state index is 0.707. The SMILES string of the molecule is CCC1=CCCCN(C(C)C)C1. The van der Waals surface area contributed by atoms with Crippen LogP contribution in [0.4, 0.5) is 0 Å². The first-order chi connectivity index (χ1) is 5.74. The zero-order valence-corrected chi connectivity index (χ0v) is 8.64. The van der Waals surface area contributed by atoms with Gasteiger partial charge in [0.1, 0.15) is 0 Å². The van der Waals surface area contributed by atoms with Crippen LogP contribution in [0.15, 0.2) is 11.6 Å². The number of rotatable bonds is 2. The molecule has 0 unspecified atom stereocenters. The molecule has 0 spiro atoms. The highest BCUT2D eigenvalue weighted by Gasteiger charge is 2.12. The molecule has 0 saturated carbocycles. The standard InChI is InChI=1S/C11H21N/c1-4-11-7-5-6-8-12(9-11)10(2)3/h7,10H,4-6,8-9H2,1-3H3. The van der Waals surface area contributed by atoms with Crippen LogP contribution in [0.1, 0.15) is 40.0 Å². The summed E-state index contributed by atoms with van der Waals surface area (Å²) in [5, 5.41) is 0. The quantitative estimate of drug-likeness (QED) is 0.572. The molecule has 1 heteroatoms. The second kappa shape index (κ2) is 4.66. The van der Waals surface area contributed by atoms with Crippen LogP contribution in [0.2, 0.25) is 0 Å². The Bertz CT molecular complexity index is 158. The monoisotopic (exact) mass is 167 g/mol. The molecule has 0 aliphatic carbocycles. The smallest absolute Gasteiger partial charge is 0.0195 e. The molecule has 0 aromatic carbocycles. The number of hydrogen-bond acceptors (Lipinski definition) is 1. The highest BCUT2D eigenvalue weighted by Crippen LogP contribution is 2.14. The fourth-order valence-corrected chi connectivity index (χ4v) is 1.70. The molecule has 0 N–H and O–H groups in total. The van der Waals surface area contributed by atoms with Crippen LogP contribution in [-0.2, 0) is 0 Å². The van der Waals surface area contributed by atoms with Crippen molar-refractivity contribution in [2.45, 2.75) is 46.1 Å². The third kappa shape index (κ3) is 2.63. The number of nitrogens with zero attached hydrogens (tertiary/aromatic N) is 1. The molecular formula is C11H21N. The summed E-state index contributed by atoms with van der Waals surface area (Å²) in [6, 6.07) is 0.707. The van der Waals surface area contributed by atoms with Gasteiger partial charge in [0.25, 0.3) is 0 Å². The van der Waals surface area contributed by atoms with Crippen molar-refractivity contribution in [2.24, 2.45) is 0 Å². The van der Waals surface area contributed by atoms with Crippen LogP contribution < -0.4 is 0 Å². The highest BCUT2D eigenvalue weighted by molar-refractivity contribution is 5.05. The van der Waals surface area contributed by atoms with E-state index in [9.17, 15) is 0 Å². The van der Waals surface area contributed by atoms with E-state index in [0.29, 0.717) is 6.04 Å². The first kappa shape index (κ1) is 9.79.